The van der Waals surface area contributed by atoms with Crippen LogP contribution in [0.15, 0.2) is 48.1 Å². The standard InChI is InChI=1S/C44H62N8O6S/c1-6-7-31-23-38(52-37(49-31)14-16-48-52)50-32-12-13-33(22-32)51-39(54)15-18-57-20-21-58-19-17-45-42(44(3,4)5)40(55)35-24-34(53)25-36(35)43(56)46-26-29-8-10-30(11-9-29)41-28(2)47-27-59-41/h8-11,14,16,23,27,32-36,42,45,50,53H,6-7,12-13,15,17-22,24-26H2,1-5H3,(H,46,56)(H,51,54)/t32-,33?,34+,35?,36-,42-/m1/s1. The van der Waals surface area contributed by atoms with Gasteiger partial charge in [0.05, 0.1) is 66.8 Å². The first kappa shape index (κ1) is 44.3. The Kier molecular flexibility index (Phi) is 15.6. The van der Waals surface area contributed by atoms with E-state index in [1.54, 1.807) is 17.5 Å². The Labute approximate surface area is 351 Å². The molecule has 320 valence electrons. The third-order valence-electron chi connectivity index (χ3n) is 11.3. The van der Waals surface area contributed by atoms with Gasteiger partial charge in [0.1, 0.15) is 5.82 Å². The van der Waals surface area contributed by atoms with E-state index in [2.05, 4.69) is 49.3 Å². The highest BCUT2D eigenvalue weighted by Crippen LogP contribution is 2.36. The first-order valence-electron chi connectivity index (χ1n) is 21.2. The van der Waals surface area contributed by atoms with Crippen LogP contribution >= 0.6 is 11.3 Å². The maximum Gasteiger partial charge on any atom is 0.224 e. The SMILES string of the molecule is CCCc1cc(N[C@@H]2CCC(NC(=O)CCOCCOCCN[C@H](C(=O)C3C[C@H](O)C[C@H]3C(=O)NCc3ccc(-c4scnc4C)cc3)C(C)(C)C)C2)n2nccc2n1. The number of ketones is 1. The number of aliphatic hydroxyl groups is 1. The molecule has 1 aromatic carbocycles. The number of aryl methyl sites for hydroxylation is 2. The van der Waals surface area contributed by atoms with E-state index in [0.717, 1.165) is 71.0 Å². The number of amides is 2. The molecule has 2 amide bonds. The van der Waals surface area contributed by atoms with E-state index in [9.17, 15) is 19.5 Å². The van der Waals surface area contributed by atoms with E-state index in [4.69, 9.17) is 9.47 Å². The lowest BCUT2D eigenvalue weighted by Gasteiger charge is -2.33. The highest BCUT2D eigenvalue weighted by molar-refractivity contribution is 7.13. The zero-order valence-corrected chi connectivity index (χ0v) is 36.0. The van der Waals surface area contributed by atoms with Gasteiger partial charge in [0, 0.05) is 55.3 Å². The predicted molar refractivity (Wildman–Crippen MR) is 229 cm³/mol. The van der Waals surface area contributed by atoms with E-state index in [-0.39, 0.29) is 48.9 Å². The van der Waals surface area contributed by atoms with Gasteiger partial charge in [0.2, 0.25) is 11.8 Å². The molecule has 0 bridgehead atoms. The topological polar surface area (TPSA) is 181 Å². The predicted octanol–water partition coefficient (Wildman–Crippen LogP) is 5.26. The van der Waals surface area contributed by atoms with Crippen molar-refractivity contribution in [3.63, 3.8) is 0 Å². The van der Waals surface area contributed by atoms with Crippen LogP contribution in [-0.4, -0.2) is 99.5 Å². The second-order valence-corrected chi connectivity index (χ2v) is 17.9. The molecule has 6 atom stereocenters. The molecular formula is C44H62N8O6S. The monoisotopic (exact) mass is 830 g/mol. The van der Waals surface area contributed by atoms with Crippen LogP contribution in [0.3, 0.4) is 0 Å². The van der Waals surface area contributed by atoms with Crippen LogP contribution in [-0.2, 0) is 36.8 Å². The van der Waals surface area contributed by atoms with Crippen LogP contribution in [0.5, 0.6) is 0 Å². The van der Waals surface area contributed by atoms with E-state index >= 15 is 0 Å². The number of aromatic nitrogens is 4. The van der Waals surface area contributed by atoms with Gasteiger partial charge in [0.15, 0.2) is 11.4 Å². The summed E-state index contributed by atoms with van der Waals surface area (Å²) in [6.07, 6.45) is 6.50. The fourth-order valence-corrected chi connectivity index (χ4v) is 9.11. The summed E-state index contributed by atoms with van der Waals surface area (Å²) in [5, 5.41) is 28.2. The maximum absolute atomic E-state index is 14.0. The Balaban J connectivity index is 0.855. The minimum absolute atomic E-state index is 0.0234. The Morgan fingerprint density at radius 3 is 2.46 bits per heavy atom. The normalized spacial score (nSPS) is 21.2. The van der Waals surface area contributed by atoms with Crippen molar-refractivity contribution in [2.45, 2.75) is 117 Å². The summed E-state index contributed by atoms with van der Waals surface area (Å²) in [4.78, 5) is 50.2. The fraction of sp³-hybridized carbons (Fsp3) is 0.591. The Hall–Kier alpha value is -4.28. The van der Waals surface area contributed by atoms with E-state index < -0.39 is 29.4 Å². The zero-order chi connectivity index (χ0) is 41.9. The molecule has 59 heavy (non-hydrogen) atoms. The number of benzene rings is 1. The fourth-order valence-electron chi connectivity index (χ4n) is 8.30. The highest BCUT2D eigenvalue weighted by Gasteiger charge is 2.46. The third kappa shape index (κ3) is 12.2. The van der Waals surface area contributed by atoms with Gasteiger partial charge in [0.25, 0.3) is 0 Å². The van der Waals surface area contributed by atoms with Gasteiger partial charge in [-0.05, 0) is 62.0 Å². The number of thiazole rings is 1. The molecule has 6 rings (SSSR count). The van der Waals surface area contributed by atoms with Crippen LogP contribution in [0.25, 0.3) is 16.1 Å². The highest BCUT2D eigenvalue weighted by atomic mass is 32.1. The number of aliphatic hydroxyl groups excluding tert-OH is 1. The lowest BCUT2D eigenvalue weighted by Crippen LogP contribution is -2.51. The van der Waals surface area contributed by atoms with Crippen LogP contribution in [0.4, 0.5) is 5.82 Å². The van der Waals surface area contributed by atoms with Crippen molar-refractivity contribution in [1.29, 1.82) is 0 Å². The summed E-state index contributed by atoms with van der Waals surface area (Å²) in [6, 6.07) is 11.9. The number of hydrogen-bond acceptors (Lipinski definition) is 12. The molecule has 3 aromatic heterocycles. The van der Waals surface area contributed by atoms with Gasteiger partial charge in [-0.1, -0.05) is 58.4 Å². The summed E-state index contributed by atoms with van der Waals surface area (Å²) in [7, 11) is 0. The summed E-state index contributed by atoms with van der Waals surface area (Å²) in [5.41, 5.74) is 6.32. The van der Waals surface area contributed by atoms with Gasteiger partial charge in [-0.25, -0.2) is 9.97 Å². The van der Waals surface area contributed by atoms with E-state index in [1.807, 2.05) is 68.1 Å². The Morgan fingerprint density at radius 2 is 1.73 bits per heavy atom. The van der Waals surface area contributed by atoms with Gasteiger partial charge in [-0.2, -0.15) is 9.61 Å². The minimum Gasteiger partial charge on any atom is -0.393 e. The van der Waals surface area contributed by atoms with E-state index in [1.165, 1.54) is 0 Å². The quantitative estimate of drug-likeness (QED) is 0.0692. The van der Waals surface area contributed by atoms with Crippen LogP contribution in [0, 0.1) is 24.2 Å². The van der Waals surface area contributed by atoms with Gasteiger partial charge in [-0.3, -0.25) is 14.4 Å². The van der Waals surface area contributed by atoms with Crippen molar-refractivity contribution < 1.29 is 29.0 Å². The lowest BCUT2D eigenvalue weighted by atomic mass is 9.77. The number of rotatable bonds is 21. The molecule has 4 aromatic rings. The number of carbonyl (C=O) groups is 3. The molecule has 2 unspecified atom stereocenters. The molecule has 14 nitrogen and oxygen atoms in total. The molecule has 0 saturated heterocycles. The van der Waals surface area contributed by atoms with Crippen LogP contribution in [0.2, 0.25) is 0 Å². The number of ether oxygens (including phenoxy) is 2. The molecular weight excluding hydrogens is 769 g/mol. The number of carbonyl (C=O) groups excluding carboxylic acids is 3. The first-order chi connectivity index (χ1) is 28.4. The van der Waals surface area contributed by atoms with Crippen molar-refractivity contribution in [2.75, 3.05) is 38.3 Å². The van der Waals surface area contributed by atoms with Crippen molar-refractivity contribution in [1.82, 2.24) is 35.5 Å². The molecule has 2 aliphatic rings. The molecule has 0 spiro atoms. The first-order valence-corrected chi connectivity index (χ1v) is 22.0. The average molecular weight is 831 g/mol. The average Bonchev–Trinajstić information content (AvgIpc) is 4.03. The molecule has 0 aliphatic heterocycles. The largest absolute Gasteiger partial charge is 0.393 e. The molecule has 2 fully saturated rings. The number of hydrogen-bond donors (Lipinski definition) is 5. The third-order valence-corrected chi connectivity index (χ3v) is 12.3. The summed E-state index contributed by atoms with van der Waals surface area (Å²) in [5.74, 6) is -0.548. The molecule has 3 heterocycles. The molecule has 5 N–H and O–H groups in total. The number of nitrogens with one attached hydrogen (secondary N) is 4. The second-order valence-electron chi connectivity index (χ2n) is 17.1. The van der Waals surface area contributed by atoms with Gasteiger partial charge >= 0.3 is 0 Å². The molecule has 0 radical (unpaired) electrons. The maximum atomic E-state index is 14.0. The summed E-state index contributed by atoms with van der Waals surface area (Å²) < 4.78 is 13.3. The second kappa shape index (κ2) is 20.8. The Bertz CT molecular complexity index is 1990. The molecule has 2 aliphatic carbocycles. The number of anilines is 1. The van der Waals surface area contributed by atoms with Gasteiger partial charge < -0.3 is 35.8 Å². The van der Waals surface area contributed by atoms with Crippen LogP contribution < -0.4 is 21.3 Å². The lowest BCUT2D eigenvalue weighted by molar-refractivity contribution is -0.135. The van der Waals surface area contributed by atoms with Crippen molar-refractivity contribution in [3.05, 3.63) is 65.1 Å². The van der Waals surface area contributed by atoms with Crippen LogP contribution in [0.1, 0.15) is 89.6 Å². The molecule has 2 saturated carbocycles. The summed E-state index contributed by atoms with van der Waals surface area (Å²) in [6.45, 7) is 12.3. The van der Waals surface area contributed by atoms with Gasteiger partial charge in [-0.15, -0.1) is 11.3 Å². The van der Waals surface area contributed by atoms with E-state index in [0.29, 0.717) is 39.5 Å². The Morgan fingerprint density at radius 1 is 0.983 bits per heavy atom. The van der Waals surface area contributed by atoms with Crippen molar-refractivity contribution in [2.24, 2.45) is 17.3 Å². The summed E-state index contributed by atoms with van der Waals surface area (Å²) >= 11 is 1.60. The van der Waals surface area contributed by atoms with Crippen molar-refractivity contribution >= 4 is 40.4 Å². The smallest absolute Gasteiger partial charge is 0.224 e. The number of Topliss-reactive ketones (excluding diaryl/α,β-unsaturated/α-hetero) is 1. The number of fused-ring (bicyclic) bond motifs is 1. The van der Waals surface area contributed by atoms with Crippen molar-refractivity contribution in [3.8, 4) is 10.4 Å². The molecule has 15 heteroatoms. The minimum atomic E-state index is -0.708. The number of nitrogens with zero attached hydrogens (tertiary/aromatic N) is 4. The zero-order valence-electron chi connectivity index (χ0n) is 35.2.